The molecule has 0 radical (unpaired) electrons. The van der Waals surface area contributed by atoms with Gasteiger partial charge in [-0.1, -0.05) is 34.6 Å². The molecule has 0 bridgehead atoms. The second-order valence-electron chi connectivity index (χ2n) is 7.09. The molecule has 22 heavy (non-hydrogen) atoms. The summed E-state index contributed by atoms with van der Waals surface area (Å²) in [6.07, 6.45) is 0. The maximum absolute atomic E-state index is 4.77. The van der Waals surface area contributed by atoms with E-state index in [1.54, 1.807) is 11.3 Å². The molecule has 0 aliphatic rings. The Balaban J connectivity index is 2.18. The van der Waals surface area contributed by atoms with Gasteiger partial charge >= 0.3 is 0 Å². The molecule has 2 rings (SSSR count). The highest BCUT2D eigenvalue weighted by molar-refractivity contribution is 7.09. The van der Waals surface area contributed by atoms with E-state index in [1.807, 2.05) is 13.0 Å². The molecule has 4 nitrogen and oxygen atoms in total. The van der Waals surface area contributed by atoms with Gasteiger partial charge in [-0.15, -0.1) is 11.3 Å². The Bertz CT molecular complexity index is 640. The zero-order valence-electron chi connectivity index (χ0n) is 14.6. The van der Waals surface area contributed by atoms with Crippen LogP contribution in [0.1, 0.15) is 75.7 Å². The van der Waals surface area contributed by atoms with Crippen molar-refractivity contribution in [3.63, 3.8) is 0 Å². The minimum Gasteiger partial charge on any atom is -0.361 e. The predicted molar refractivity (Wildman–Crippen MR) is 93.7 cm³/mol. The third-order valence-corrected chi connectivity index (χ3v) is 4.44. The molecular weight excluding hydrogens is 292 g/mol. The summed E-state index contributed by atoms with van der Waals surface area (Å²) in [4.78, 5) is 13.9. The van der Waals surface area contributed by atoms with E-state index < -0.39 is 0 Å². The fourth-order valence-corrected chi connectivity index (χ4v) is 3.09. The Morgan fingerprint density at radius 3 is 2.32 bits per heavy atom. The van der Waals surface area contributed by atoms with E-state index in [9.17, 15) is 0 Å². The van der Waals surface area contributed by atoms with Crippen molar-refractivity contribution in [1.82, 2.24) is 15.0 Å². The summed E-state index contributed by atoms with van der Waals surface area (Å²) in [6.45, 7) is 14.9. The molecule has 0 amide bonds. The Morgan fingerprint density at radius 1 is 1.09 bits per heavy atom. The van der Waals surface area contributed by atoms with Gasteiger partial charge in [0.15, 0.2) is 0 Å². The quantitative estimate of drug-likeness (QED) is 0.876. The van der Waals surface area contributed by atoms with Crippen molar-refractivity contribution in [3.8, 4) is 0 Å². The average molecular weight is 318 g/mol. The van der Waals surface area contributed by atoms with Crippen molar-refractivity contribution in [2.75, 3.05) is 5.32 Å². The number of nitrogens with one attached hydrogen (secondary N) is 1. The lowest BCUT2D eigenvalue weighted by Crippen LogP contribution is -2.13. The molecule has 0 saturated carbocycles. The van der Waals surface area contributed by atoms with Crippen LogP contribution >= 0.6 is 11.3 Å². The predicted octanol–water partition coefficient (Wildman–Crippen LogP) is 4.84. The molecule has 0 aliphatic carbocycles. The van der Waals surface area contributed by atoms with E-state index >= 15 is 0 Å². The Hall–Kier alpha value is -1.49. The molecule has 0 aromatic carbocycles. The number of thiazole rings is 1. The van der Waals surface area contributed by atoms with Crippen LogP contribution in [-0.2, 0) is 5.41 Å². The number of hydrogen-bond donors (Lipinski definition) is 1. The van der Waals surface area contributed by atoms with Crippen LogP contribution in [0.15, 0.2) is 11.4 Å². The zero-order valence-corrected chi connectivity index (χ0v) is 15.4. The minimum atomic E-state index is 0.0881. The van der Waals surface area contributed by atoms with E-state index in [-0.39, 0.29) is 11.5 Å². The third-order valence-electron chi connectivity index (χ3n) is 3.41. The van der Waals surface area contributed by atoms with Crippen molar-refractivity contribution in [2.24, 2.45) is 0 Å². The van der Waals surface area contributed by atoms with E-state index in [1.165, 1.54) is 0 Å². The van der Waals surface area contributed by atoms with Crippen LogP contribution in [0.3, 0.4) is 0 Å². The molecule has 0 spiro atoms. The van der Waals surface area contributed by atoms with Crippen LogP contribution in [0.4, 0.5) is 5.82 Å². The maximum atomic E-state index is 4.77. The van der Waals surface area contributed by atoms with E-state index in [2.05, 4.69) is 62.2 Å². The number of rotatable bonds is 4. The first kappa shape index (κ1) is 16.9. The van der Waals surface area contributed by atoms with Gasteiger partial charge < -0.3 is 5.32 Å². The molecule has 0 aliphatic heterocycles. The van der Waals surface area contributed by atoms with E-state index in [0.29, 0.717) is 5.92 Å². The molecule has 1 atom stereocenters. The first-order valence-electron chi connectivity index (χ1n) is 7.75. The Kier molecular flexibility index (Phi) is 4.85. The summed E-state index contributed by atoms with van der Waals surface area (Å²) in [5, 5.41) is 6.70. The second kappa shape index (κ2) is 6.32. The van der Waals surface area contributed by atoms with Gasteiger partial charge in [0.25, 0.3) is 0 Å². The summed E-state index contributed by atoms with van der Waals surface area (Å²) in [5.41, 5.74) is 2.22. The van der Waals surface area contributed by atoms with Gasteiger partial charge in [-0.25, -0.2) is 15.0 Å². The smallest absolute Gasteiger partial charge is 0.133 e. The largest absolute Gasteiger partial charge is 0.361 e. The molecule has 2 aromatic rings. The van der Waals surface area contributed by atoms with Crippen molar-refractivity contribution in [2.45, 2.75) is 65.8 Å². The summed E-state index contributed by atoms with van der Waals surface area (Å²) >= 11 is 1.70. The van der Waals surface area contributed by atoms with Gasteiger partial charge in [0.2, 0.25) is 0 Å². The number of nitrogens with zero attached hydrogens (tertiary/aromatic N) is 3. The third kappa shape index (κ3) is 4.03. The van der Waals surface area contributed by atoms with Crippen LogP contribution in [-0.4, -0.2) is 15.0 Å². The molecule has 2 heterocycles. The number of aromatic nitrogens is 3. The lowest BCUT2D eigenvalue weighted by atomic mass is 9.93. The topological polar surface area (TPSA) is 50.7 Å². The van der Waals surface area contributed by atoms with Gasteiger partial charge in [-0.3, -0.25) is 0 Å². The number of aryl methyl sites for hydroxylation is 1. The van der Waals surface area contributed by atoms with Crippen LogP contribution < -0.4 is 5.32 Å². The zero-order chi connectivity index (χ0) is 16.5. The summed E-state index contributed by atoms with van der Waals surface area (Å²) in [7, 11) is 0. The van der Waals surface area contributed by atoms with Gasteiger partial charge in [-0.05, 0) is 13.8 Å². The fraction of sp³-hybridized carbons (Fsp3) is 0.588. The van der Waals surface area contributed by atoms with Crippen molar-refractivity contribution >= 4 is 17.2 Å². The molecule has 0 saturated heterocycles. The molecule has 1 N–H and O–H groups in total. The van der Waals surface area contributed by atoms with Gasteiger partial charge in [-0.2, -0.15) is 0 Å². The molecular formula is C17H26N4S. The van der Waals surface area contributed by atoms with Crippen molar-refractivity contribution < 1.29 is 0 Å². The summed E-state index contributed by atoms with van der Waals surface area (Å²) < 4.78 is 0. The normalized spacial score (nSPS) is 13.5. The number of hydrogen-bond acceptors (Lipinski definition) is 5. The number of anilines is 1. The summed E-state index contributed by atoms with van der Waals surface area (Å²) in [5.74, 6) is 2.07. The van der Waals surface area contributed by atoms with Crippen molar-refractivity contribution in [3.05, 3.63) is 33.7 Å². The highest BCUT2D eigenvalue weighted by Gasteiger charge is 2.20. The molecule has 2 aromatic heterocycles. The highest BCUT2D eigenvalue weighted by Crippen LogP contribution is 2.28. The lowest BCUT2D eigenvalue weighted by Gasteiger charge is -2.16. The highest BCUT2D eigenvalue weighted by atomic mass is 32.1. The fourth-order valence-electron chi connectivity index (χ4n) is 2.04. The van der Waals surface area contributed by atoms with Crippen LogP contribution in [0, 0.1) is 6.92 Å². The second-order valence-corrected chi connectivity index (χ2v) is 7.98. The first-order valence-corrected chi connectivity index (χ1v) is 8.63. The molecule has 120 valence electrons. The molecule has 5 heteroatoms. The van der Waals surface area contributed by atoms with Gasteiger partial charge in [0.1, 0.15) is 16.6 Å². The maximum Gasteiger partial charge on any atom is 0.133 e. The molecule has 1 unspecified atom stereocenters. The first-order chi connectivity index (χ1) is 10.2. The van der Waals surface area contributed by atoms with Crippen LogP contribution in [0.25, 0.3) is 0 Å². The average Bonchev–Trinajstić information content (AvgIpc) is 2.87. The lowest BCUT2D eigenvalue weighted by molar-refractivity contribution is 0.569. The van der Waals surface area contributed by atoms with E-state index in [4.69, 9.17) is 4.98 Å². The Labute approximate surface area is 137 Å². The van der Waals surface area contributed by atoms with Crippen LogP contribution in [0.5, 0.6) is 0 Å². The van der Waals surface area contributed by atoms with Gasteiger partial charge in [0, 0.05) is 28.5 Å². The monoisotopic (exact) mass is 318 g/mol. The minimum absolute atomic E-state index is 0.0881. The van der Waals surface area contributed by atoms with Gasteiger partial charge in [0.05, 0.1) is 11.7 Å². The Morgan fingerprint density at radius 2 is 1.77 bits per heavy atom. The molecule has 0 fully saturated rings. The standard InChI is InChI=1S/C17H26N4S/c1-10(2)15-18-11(3)8-14(21-15)19-12(4)16-20-13(9-22-16)17(5,6)7/h8-10,12H,1-7H3,(H,18,19,21). The van der Waals surface area contributed by atoms with Crippen LogP contribution in [0.2, 0.25) is 0 Å². The SMILES string of the molecule is Cc1cc(NC(C)c2nc(C(C)(C)C)cs2)nc(C(C)C)n1. The van der Waals surface area contributed by atoms with Crippen molar-refractivity contribution in [1.29, 1.82) is 0 Å². The summed E-state index contributed by atoms with van der Waals surface area (Å²) in [6, 6.07) is 2.12. The van der Waals surface area contributed by atoms with E-state index in [0.717, 1.165) is 28.0 Å².